The van der Waals surface area contributed by atoms with Crippen LogP contribution in [0.2, 0.25) is 0 Å². The van der Waals surface area contributed by atoms with Crippen LogP contribution < -0.4 is 4.90 Å². The number of para-hydroxylation sites is 2. The third-order valence-electron chi connectivity index (χ3n) is 12.6. The lowest BCUT2D eigenvalue weighted by Crippen LogP contribution is -2.26. The molecule has 58 heavy (non-hydrogen) atoms. The lowest BCUT2D eigenvalue weighted by atomic mass is 9.69. The van der Waals surface area contributed by atoms with Crippen molar-refractivity contribution in [1.82, 2.24) is 0 Å². The topological polar surface area (TPSA) is 3.24 Å². The highest BCUT2D eigenvalue weighted by atomic mass is 15.1. The Balaban J connectivity index is 1.17. The maximum atomic E-state index is 2.52. The maximum Gasteiger partial charge on any atom is 0.0725 e. The van der Waals surface area contributed by atoms with Gasteiger partial charge in [-0.3, -0.25) is 0 Å². The third-order valence-corrected chi connectivity index (χ3v) is 12.6. The van der Waals surface area contributed by atoms with Crippen molar-refractivity contribution in [2.75, 3.05) is 4.90 Å². The average molecular weight is 742 g/mol. The van der Waals surface area contributed by atoms with Gasteiger partial charge >= 0.3 is 0 Å². The Labute approximate surface area is 341 Å². The molecule has 0 aliphatic heterocycles. The van der Waals surface area contributed by atoms with E-state index in [9.17, 15) is 0 Å². The van der Waals surface area contributed by atoms with Crippen molar-refractivity contribution in [3.05, 3.63) is 234 Å². The second-order valence-electron chi connectivity index (χ2n) is 16.8. The lowest BCUT2D eigenvalue weighted by molar-refractivity contribution is 0.588. The highest BCUT2D eigenvalue weighted by Crippen LogP contribution is 2.64. The van der Waals surface area contributed by atoms with E-state index in [1.54, 1.807) is 0 Å². The summed E-state index contributed by atoms with van der Waals surface area (Å²) in [5.41, 5.74) is 20.0. The molecule has 2 aliphatic rings. The fourth-order valence-electron chi connectivity index (χ4n) is 10.1. The Bertz CT molecular complexity index is 3000. The first kappa shape index (κ1) is 34.3. The fourth-order valence-corrected chi connectivity index (χ4v) is 10.1. The van der Waals surface area contributed by atoms with Crippen molar-refractivity contribution < 1.29 is 0 Å². The Hall–Kier alpha value is -6.96. The van der Waals surface area contributed by atoms with Crippen molar-refractivity contribution >= 4 is 27.8 Å². The molecule has 9 aromatic rings. The van der Waals surface area contributed by atoms with Crippen LogP contribution in [0.15, 0.2) is 206 Å². The van der Waals surface area contributed by atoms with Gasteiger partial charge in [-0.25, -0.2) is 0 Å². The Morgan fingerprint density at radius 2 is 0.914 bits per heavy atom. The average Bonchev–Trinajstić information content (AvgIpc) is 3.74. The summed E-state index contributed by atoms with van der Waals surface area (Å²) in [6.45, 7) is 6.98. The number of hydrogen-bond donors (Lipinski definition) is 0. The predicted molar refractivity (Wildman–Crippen MR) is 245 cm³/mol. The molecule has 0 aromatic heterocycles. The molecule has 0 N–H and O–H groups in total. The first-order valence-electron chi connectivity index (χ1n) is 20.4. The number of nitrogens with zero attached hydrogens (tertiary/aromatic N) is 1. The van der Waals surface area contributed by atoms with E-state index < -0.39 is 5.41 Å². The molecule has 0 fully saturated rings. The summed E-state index contributed by atoms with van der Waals surface area (Å²) in [5, 5.41) is 2.42. The molecular formula is C57H43N. The molecule has 276 valence electrons. The van der Waals surface area contributed by atoms with E-state index in [0.717, 1.165) is 17.1 Å². The quantitative estimate of drug-likeness (QED) is 0.170. The van der Waals surface area contributed by atoms with Crippen LogP contribution in [0.3, 0.4) is 0 Å². The minimum atomic E-state index is -0.425. The van der Waals surface area contributed by atoms with Crippen molar-refractivity contribution in [1.29, 1.82) is 0 Å². The summed E-state index contributed by atoms with van der Waals surface area (Å²) in [4.78, 5) is 2.40. The zero-order chi connectivity index (χ0) is 39.0. The summed E-state index contributed by atoms with van der Waals surface area (Å²) in [7, 11) is 0. The third kappa shape index (κ3) is 5.03. The minimum Gasteiger partial charge on any atom is -0.310 e. The molecular weight excluding hydrogens is 699 g/mol. The Morgan fingerprint density at radius 3 is 1.62 bits per heavy atom. The molecule has 0 heterocycles. The zero-order valence-electron chi connectivity index (χ0n) is 33.1. The van der Waals surface area contributed by atoms with Gasteiger partial charge in [0.25, 0.3) is 0 Å². The first-order chi connectivity index (χ1) is 28.4. The molecule has 0 bridgehead atoms. The van der Waals surface area contributed by atoms with Crippen LogP contribution in [-0.2, 0) is 10.8 Å². The van der Waals surface area contributed by atoms with Crippen LogP contribution in [0.5, 0.6) is 0 Å². The summed E-state index contributed by atoms with van der Waals surface area (Å²) in [5.74, 6) is 0. The molecule has 0 radical (unpaired) electrons. The van der Waals surface area contributed by atoms with E-state index in [2.05, 4.69) is 232 Å². The first-order valence-corrected chi connectivity index (χ1v) is 20.4. The standard InChI is InChI=1S/C57H43N/c1-56(2,3)40-33-34-47-46-27-14-16-30-50(46)57(53(47)37-40)51-31-17-15-28-49(51)55-48(29-18-32-52(55)57)45-26-13-12-24-43(45)39-35-38-19-10-11-25-44(38)54(36-39)58(41-20-6-4-7-21-41)42-22-8-5-9-23-42/h4-37H,1-3H3. The van der Waals surface area contributed by atoms with Crippen molar-refractivity contribution in [3.63, 3.8) is 0 Å². The number of anilines is 3. The molecule has 2 aliphatic carbocycles. The van der Waals surface area contributed by atoms with Gasteiger partial charge in [-0.1, -0.05) is 191 Å². The molecule has 1 unspecified atom stereocenters. The molecule has 9 aromatic carbocycles. The molecule has 0 saturated carbocycles. The summed E-state index contributed by atoms with van der Waals surface area (Å²) >= 11 is 0. The van der Waals surface area contributed by atoms with E-state index in [4.69, 9.17) is 0 Å². The van der Waals surface area contributed by atoms with Gasteiger partial charge in [-0.05, 0) is 120 Å². The van der Waals surface area contributed by atoms with Crippen LogP contribution in [0.1, 0.15) is 48.6 Å². The van der Waals surface area contributed by atoms with Crippen molar-refractivity contribution in [3.8, 4) is 44.5 Å². The fraction of sp³-hybridized carbons (Fsp3) is 0.0877. The van der Waals surface area contributed by atoms with E-state index >= 15 is 0 Å². The molecule has 0 saturated heterocycles. The Kier molecular flexibility index (Phi) is 7.72. The van der Waals surface area contributed by atoms with E-state index in [1.165, 1.54) is 83.1 Å². The van der Waals surface area contributed by atoms with E-state index in [1.807, 2.05) is 0 Å². The number of hydrogen-bond acceptors (Lipinski definition) is 1. The number of fused-ring (bicyclic) bond motifs is 11. The second kappa shape index (κ2) is 13.0. The highest BCUT2D eigenvalue weighted by molar-refractivity contribution is 6.05. The largest absolute Gasteiger partial charge is 0.310 e. The van der Waals surface area contributed by atoms with Crippen LogP contribution in [0, 0.1) is 0 Å². The van der Waals surface area contributed by atoms with Crippen molar-refractivity contribution in [2.45, 2.75) is 31.6 Å². The molecule has 11 rings (SSSR count). The molecule has 0 amide bonds. The lowest BCUT2D eigenvalue weighted by Gasteiger charge is -2.32. The van der Waals surface area contributed by atoms with Crippen LogP contribution in [0.4, 0.5) is 17.1 Å². The SMILES string of the molecule is CC(C)(C)c1ccc2c(c1)C1(c3ccccc3-2)c2ccccc2-c2c(-c3ccccc3-c3cc(N(c4ccccc4)c4ccccc4)c4ccccc4c3)cccc21. The Morgan fingerprint density at radius 1 is 0.379 bits per heavy atom. The van der Waals surface area contributed by atoms with Gasteiger partial charge in [0.2, 0.25) is 0 Å². The zero-order valence-corrected chi connectivity index (χ0v) is 33.1. The van der Waals surface area contributed by atoms with Crippen molar-refractivity contribution in [2.24, 2.45) is 0 Å². The molecule has 1 heteroatoms. The van der Waals surface area contributed by atoms with E-state index in [-0.39, 0.29) is 5.41 Å². The van der Waals surface area contributed by atoms with Gasteiger partial charge in [0.1, 0.15) is 0 Å². The van der Waals surface area contributed by atoms with Crippen LogP contribution in [0.25, 0.3) is 55.3 Å². The number of benzene rings is 9. The predicted octanol–water partition coefficient (Wildman–Crippen LogP) is 15.3. The van der Waals surface area contributed by atoms with Crippen LogP contribution >= 0.6 is 0 Å². The monoisotopic (exact) mass is 741 g/mol. The number of rotatable bonds is 5. The molecule has 1 atom stereocenters. The van der Waals surface area contributed by atoms with Gasteiger partial charge in [0.15, 0.2) is 0 Å². The second-order valence-corrected chi connectivity index (χ2v) is 16.8. The van der Waals surface area contributed by atoms with Gasteiger partial charge in [-0.2, -0.15) is 0 Å². The van der Waals surface area contributed by atoms with Gasteiger partial charge < -0.3 is 4.90 Å². The van der Waals surface area contributed by atoms with E-state index in [0.29, 0.717) is 0 Å². The smallest absolute Gasteiger partial charge is 0.0725 e. The summed E-state index contributed by atoms with van der Waals surface area (Å²) < 4.78 is 0. The molecule has 1 spiro atoms. The normalized spacial score (nSPS) is 14.9. The minimum absolute atomic E-state index is 0.0159. The van der Waals surface area contributed by atoms with Crippen LogP contribution in [-0.4, -0.2) is 0 Å². The maximum absolute atomic E-state index is 2.52. The van der Waals surface area contributed by atoms with Gasteiger partial charge in [-0.15, -0.1) is 0 Å². The van der Waals surface area contributed by atoms with Gasteiger partial charge in [0, 0.05) is 16.8 Å². The van der Waals surface area contributed by atoms with Gasteiger partial charge in [0.05, 0.1) is 11.1 Å². The molecule has 1 nitrogen and oxygen atoms in total. The summed E-state index contributed by atoms with van der Waals surface area (Å²) in [6.07, 6.45) is 0. The summed E-state index contributed by atoms with van der Waals surface area (Å²) in [6, 6.07) is 76.7. The highest BCUT2D eigenvalue weighted by Gasteiger charge is 2.52.